The molecular weight excluding hydrogens is 278 g/mol. The Morgan fingerprint density at radius 2 is 2.30 bits per heavy atom. The lowest BCUT2D eigenvalue weighted by Crippen LogP contribution is -2.15. The zero-order valence-electron chi connectivity index (χ0n) is 11.6. The lowest BCUT2D eigenvalue weighted by molar-refractivity contribution is -0.113. The molecule has 0 aliphatic carbocycles. The molecule has 20 heavy (non-hydrogen) atoms. The number of nitrogens with zero attached hydrogens (tertiary/aromatic N) is 6. The highest BCUT2D eigenvalue weighted by Gasteiger charge is 2.10. The maximum atomic E-state index is 11.7. The van der Waals surface area contributed by atoms with Gasteiger partial charge in [0.05, 0.1) is 17.5 Å². The standard InChI is InChI=1S/C11H17N7OS/c1-8(2)18-10(13-15-16-18)6-20-7-11(19)12-9-4-5-17(3)14-9/h4-5,8H,6-7H2,1-3H3,(H,12,14,19). The molecular formula is C11H17N7OS. The van der Waals surface area contributed by atoms with Crippen LogP contribution in [0.5, 0.6) is 0 Å². The minimum absolute atomic E-state index is 0.0859. The lowest BCUT2D eigenvalue weighted by Gasteiger charge is -2.07. The highest BCUT2D eigenvalue weighted by atomic mass is 32.2. The number of amides is 1. The van der Waals surface area contributed by atoms with Gasteiger partial charge in [-0.2, -0.15) is 5.10 Å². The Hall–Kier alpha value is -1.90. The zero-order valence-corrected chi connectivity index (χ0v) is 12.5. The van der Waals surface area contributed by atoms with E-state index in [0.29, 0.717) is 17.3 Å². The van der Waals surface area contributed by atoms with Gasteiger partial charge in [0.15, 0.2) is 11.6 Å². The second-order valence-corrected chi connectivity index (χ2v) is 5.53. The molecule has 1 N–H and O–H groups in total. The van der Waals surface area contributed by atoms with Crippen molar-refractivity contribution in [3.05, 3.63) is 18.1 Å². The van der Waals surface area contributed by atoms with Crippen LogP contribution < -0.4 is 5.32 Å². The average molecular weight is 295 g/mol. The van der Waals surface area contributed by atoms with E-state index in [4.69, 9.17) is 0 Å². The second-order valence-electron chi connectivity index (χ2n) is 4.55. The van der Waals surface area contributed by atoms with E-state index in [-0.39, 0.29) is 11.9 Å². The van der Waals surface area contributed by atoms with Crippen LogP contribution in [-0.2, 0) is 17.6 Å². The van der Waals surface area contributed by atoms with E-state index in [9.17, 15) is 4.79 Å². The minimum atomic E-state index is -0.0859. The Morgan fingerprint density at radius 1 is 1.50 bits per heavy atom. The summed E-state index contributed by atoms with van der Waals surface area (Å²) < 4.78 is 3.39. The number of aromatic nitrogens is 6. The fraction of sp³-hybridized carbons (Fsp3) is 0.545. The SMILES string of the molecule is CC(C)n1nnnc1CSCC(=O)Nc1ccn(C)n1. The summed E-state index contributed by atoms with van der Waals surface area (Å²) in [7, 11) is 1.80. The van der Waals surface area contributed by atoms with Gasteiger partial charge in [0.2, 0.25) is 5.91 Å². The van der Waals surface area contributed by atoms with Crippen molar-refractivity contribution < 1.29 is 4.79 Å². The maximum absolute atomic E-state index is 11.7. The summed E-state index contributed by atoms with van der Waals surface area (Å²) in [5, 5.41) is 18.3. The quantitative estimate of drug-likeness (QED) is 0.850. The molecule has 0 fully saturated rings. The summed E-state index contributed by atoms with van der Waals surface area (Å²) in [6.45, 7) is 4.02. The first-order valence-corrected chi connectivity index (χ1v) is 7.35. The van der Waals surface area contributed by atoms with E-state index in [2.05, 4.69) is 25.9 Å². The number of nitrogens with one attached hydrogen (secondary N) is 1. The third kappa shape index (κ3) is 3.80. The van der Waals surface area contributed by atoms with Crippen molar-refractivity contribution in [1.82, 2.24) is 30.0 Å². The number of hydrogen-bond donors (Lipinski definition) is 1. The van der Waals surface area contributed by atoms with Gasteiger partial charge in [0.1, 0.15) is 0 Å². The monoisotopic (exact) mass is 295 g/mol. The third-order valence-electron chi connectivity index (χ3n) is 2.50. The fourth-order valence-corrected chi connectivity index (χ4v) is 2.34. The van der Waals surface area contributed by atoms with Gasteiger partial charge in [-0.1, -0.05) is 0 Å². The van der Waals surface area contributed by atoms with Crippen molar-refractivity contribution >= 4 is 23.5 Å². The van der Waals surface area contributed by atoms with Crippen molar-refractivity contribution in [2.45, 2.75) is 25.6 Å². The van der Waals surface area contributed by atoms with E-state index in [0.717, 1.165) is 5.82 Å². The molecule has 108 valence electrons. The topological polar surface area (TPSA) is 90.5 Å². The predicted octanol–water partition coefficient (Wildman–Crippen LogP) is 0.859. The molecule has 0 aliphatic heterocycles. The predicted molar refractivity (Wildman–Crippen MR) is 76.2 cm³/mol. The smallest absolute Gasteiger partial charge is 0.235 e. The number of hydrogen-bond acceptors (Lipinski definition) is 6. The van der Waals surface area contributed by atoms with Crippen molar-refractivity contribution in [3.63, 3.8) is 0 Å². The average Bonchev–Trinajstić information content (AvgIpc) is 2.98. The van der Waals surface area contributed by atoms with E-state index >= 15 is 0 Å². The number of carbonyl (C=O) groups excluding carboxylic acids is 1. The highest BCUT2D eigenvalue weighted by molar-refractivity contribution is 7.99. The molecule has 0 unspecified atom stereocenters. The maximum Gasteiger partial charge on any atom is 0.235 e. The number of aryl methyl sites for hydroxylation is 1. The summed E-state index contributed by atoms with van der Waals surface area (Å²) in [6.07, 6.45) is 1.78. The summed E-state index contributed by atoms with van der Waals surface area (Å²) >= 11 is 1.47. The van der Waals surface area contributed by atoms with Crippen LogP contribution in [0, 0.1) is 0 Å². The molecule has 2 rings (SSSR count). The summed E-state index contributed by atoms with van der Waals surface area (Å²) in [5.74, 6) is 2.18. The van der Waals surface area contributed by atoms with Crippen molar-refractivity contribution in [2.75, 3.05) is 11.1 Å². The van der Waals surface area contributed by atoms with Crippen LogP contribution in [0.4, 0.5) is 5.82 Å². The molecule has 2 aromatic heterocycles. The van der Waals surface area contributed by atoms with Gasteiger partial charge in [0, 0.05) is 19.3 Å². The molecule has 0 aromatic carbocycles. The first-order chi connectivity index (χ1) is 9.56. The first-order valence-electron chi connectivity index (χ1n) is 6.20. The van der Waals surface area contributed by atoms with E-state index in [1.807, 2.05) is 13.8 Å². The van der Waals surface area contributed by atoms with Crippen LogP contribution in [0.25, 0.3) is 0 Å². The van der Waals surface area contributed by atoms with Gasteiger partial charge in [-0.25, -0.2) is 4.68 Å². The third-order valence-corrected chi connectivity index (χ3v) is 3.42. The van der Waals surface area contributed by atoms with Crippen molar-refractivity contribution in [1.29, 1.82) is 0 Å². The zero-order chi connectivity index (χ0) is 14.5. The Bertz CT molecular complexity index is 577. The number of rotatable bonds is 6. The van der Waals surface area contributed by atoms with Crippen LogP contribution in [-0.4, -0.2) is 41.6 Å². The van der Waals surface area contributed by atoms with Crippen LogP contribution in [0.15, 0.2) is 12.3 Å². The number of carbonyl (C=O) groups is 1. The Morgan fingerprint density at radius 3 is 2.95 bits per heavy atom. The van der Waals surface area contributed by atoms with Gasteiger partial charge < -0.3 is 5.32 Å². The van der Waals surface area contributed by atoms with Gasteiger partial charge in [-0.15, -0.1) is 16.9 Å². The van der Waals surface area contributed by atoms with E-state index < -0.39 is 0 Å². The Kier molecular flexibility index (Phi) is 4.72. The van der Waals surface area contributed by atoms with Crippen LogP contribution >= 0.6 is 11.8 Å². The molecule has 8 nitrogen and oxygen atoms in total. The van der Waals surface area contributed by atoms with Crippen molar-refractivity contribution in [2.24, 2.45) is 7.05 Å². The Balaban J connectivity index is 1.78. The molecule has 0 saturated carbocycles. The van der Waals surface area contributed by atoms with Gasteiger partial charge in [-0.3, -0.25) is 9.48 Å². The van der Waals surface area contributed by atoms with Crippen molar-refractivity contribution in [3.8, 4) is 0 Å². The molecule has 2 aromatic rings. The summed E-state index contributed by atoms with van der Waals surface area (Å²) in [6, 6.07) is 1.96. The normalized spacial score (nSPS) is 11.0. The summed E-state index contributed by atoms with van der Waals surface area (Å²) in [5.41, 5.74) is 0. The minimum Gasteiger partial charge on any atom is -0.308 e. The lowest BCUT2D eigenvalue weighted by atomic mass is 10.4. The number of thioether (sulfide) groups is 1. The van der Waals surface area contributed by atoms with E-state index in [1.54, 1.807) is 28.7 Å². The van der Waals surface area contributed by atoms with Gasteiger partial charge >= 0.3 is 0 Å². The molecule has 2 heterocycles. The van der Waals surface area contributed by atoms with Crippen LogP contribution in [0.2, 0.25) is 0 Å². The van der Waals surface area contributed by atoms with E-state index in [1.165, 1.54) is 11.8 Å². The number of anilines is 1. The van der Waals surface area contributed by atoms with Crippen LogP contribution in [0.3, 0.4) is 0 Å². The first kappa shape index (κ1) is 14.5. The molecule has 9 heteroatoms. The molecule has 1 amide bonds. The summed E-state index contributed by atoms with van der Waals surface area (Å²) in [4.78, 5) is 11.7. The molecule has 0 atom stereocenters. The number of tetrazole rings is 1. The molecule has 0 saturated heterocycles. The molecule has 0 bridgehead atoms. The highest BCUT2D eigenvalue weighted by Crippen LogP contribution is 2.13. The molecule has 0 aliphatic rings. The molecule has 0 radical (unpaired) electrons. The molecule has 0 spiro atoms. The Labute approximate surface area is 120 Å². The fourth-order valence-electron chi connectivity index (χ4n) is 1.60. The van der Waals surface area contributed by atoms with Crippen LogP contribution in [0.1, 0.15) is 25.7 Å². The van der Waals surface area contributed by atoms with Gasteiger partial charge in [0.25, 0.3) is 0 Å². The second kappa shape index (κ2) is 6.51. The largest absolute Gasteiger partial charge is 0.308 e. The van der Waals surface area contributed by atoms with Gasteiger partial charge in [-0.05, 0) is 24.3 Å².